The third-order valence-corrected chi connectivity index (χ3v) is 5.66. The summed E-state index contributed by atoms with van der Waals surface area (Å²) in [6, 6.07) is 13.5. The zero-order chi connectivity index (χ0) is 20.7. The van der Waals surface area contributed by atoms with E-state index in [2.05, 4.69) is 9.98 Å². The van der Waals surface area contributed by atoms with E-state index in [0.717, 1.165) is 5.56 Å². The molecule has 3 aromatic rings. The van der Waals surface area contributed by atoms with Crippen molar-refractivity contribution in [3.63, 3.8) is 0 Å². The van der Waals surface area contributed by atoms with Crippen LogP contribution in [0.2, 0.25) is 5.02 Å². The molecule has 0 aliphatic carbocycles. The average molecular weight is 427 g/mol. The van der Waals surface area contributed by atoms with Crippen LogP contribution in [0.1, 0.15) is 48.1 Å². The molecule has 1 atom stereocenters. The molecule has 0 radical (unpaired) electrons. The van der Waals surface area contributed by atoms with E-state index in [1.54, 1.807) is 36.5 Å². The van der Waals surface area contributed by atoms with Crippen molar-refractivity contribution in [1.29, 1.82) is 0 Å². The van der Waals surface area contributed by atoms with Gasteiger partial charge in [-0.1, -0.05) is 61.3 Å². The largest absolute Gasteiger partial charge is 0.271 e. The van der Waals surface area contributed by atoms with Crippen LogP contribution in [0.15, 0.2) is 59.7 Å². The number of carbonyl (C=O) groups excluding carboxylic acids is 1. The molecule has 0 saturated carbocycles. The smallest absolute Gasteiger partial charge is 0.260 e. The zero-order valence-electron chi connectivity index (χ0n) is 15.8. The third-order valence-electron chi connectivity index (χ3n) is 5.06. The molecule has 146 valence electrons. The van der Waals surface area contributed by atoms with Gasteiger partial charge in [-0.15, -0.1) is 0 Å². The highest BCUT2D eigenvalue weighted by Gasteiger charge is 2.34. The third kappa shape index (κ3) is 3.47. The molecule has 0 spiro atoms. The van der Waals surface area contributed by atoms with Crippen molar-refractivity contribution in [1.82, 2.24) is 4.98 Å². The first-order chi connectivity index (χ1) is 13.9. The lowest BCUT2D eigenvalue weighted by Gasteiger charge is -2.25. The zero-order valence-corrected chi connectivity index (χ0v) is 17.3. The summed E-state index contributed by atoms with van der Waals surface area (Å²) in [5.74, 6) is -1.36. The normalized spacial score (nSPS) is 16.0. The second-order valence-corrected chi connectivity index (χ2v) is 7.97. The number of benzene rings is 2. The van der Waals surface area contributed by atoms with Gasteiger partial charge in [0.25, 0.3) is 5.91 Å². The van der Waals surface area contributed by atoms with Gasteiger partial charge in [0, 0.05) is 27.9 Å². The Morgan fingerprint density at radius 3 is 2.48 bits per heavy atom. The van der Waals surface area contributed by atoms with Gasteiger partial charge in [0.05, 0.1) is 5.69 Å². The number of pyridine rings is 1. The first-order valence-corrected chi connectivity index (χ1v) is 9.95. The summed E-state index contributed by atoms with van der Waals surface area (Å²) in [6.07, 6.45) is 1.65. The van der Waals surface area contributed by atoms with Crippen LogP contribution < -0.4 is 0 Å². The Labute approximate surface area is 178 Å². The van der Waals surface area contributed by atoms with Crippen LogP contribution in [0.3, 0.4) is 0 Å². The number of nitrogens with zero attached hydrogens (tertiary/aromatic N) is 2. The van der Waals surface area contributed by atoms with E-state index in [1.807, 2.05) is 26.0 Å². The summed E-state index contributed by atoms with van der Waals surface area (Å²) in [5.41, 5.74) is 3.61. The summed E-state index contributed by atoms with van der Waals surface area (Å²) in [7, 11) is 0. The Morgan fingerprint density at radius 1 is 1.00 bits per heavy atom. The van der Waals surface area contributed by atoms with Crippen molar-refractivity contribution in [3.05, 3.63) is 88.0 Å². The number of aliphatic imine (C=N–C) groups is 1. The molecule has 1 unspecified atom stereocenters. The van der Waals surface area contributed by atoms with Gasteiger partial charge < -0.3 is 0 Å². The molecule has 0 N–H and O–H groups in total. The Balaban J connectivity index is 1.99. The molecule has 4 rings (SSSR count). The quantitative estimate of drug-likeness (QED) is 0.491. The Morgan fingerprint density at radius 2 is 1.76 bits per heavy atom. The van der Waals surface area contributed by atoms with Crippen LogP contribution in [-0.4, -0.2) is 16.1 Å². The lowest BCUT2D eigenvalue weighted by atomic mass is 9.83. The Kier molecular flexibility index (Phi) is 5.24. The van der Waals surface area contributed by atoms with Crippen molar-refractivity contribution < 1.29 is 9.18 Å². The van der Waals surface area contributed by atoms with E-state index in [1.165, 1.54) is 6.07 Å². The molecule has 1 amide bonds. The predicted octanol–water partition coefficient (Wildman–Crippen LogP) is 6.32. The number of amides is 1. The van der Waals surface area contributed by atoms with E-state index in [0.29, 0.717) is 33.0 Å². The van der Waals surface area contributed by atoms with Crippen LogP contribution in [-0.2, 0) is 4.79 Å². The van der Waals surface area contributed by atoms with Crippen molar-refractivity contribution in [3.8, 4) is 11.1 Å². The van der Waals surface area contributed by atoms with Gasteiger partial charge >= 0.3 is 0 Å². The number of hydrogen-bond acceptors (Lipinski definition) is 2. The SMILES string of the molecule is CC(C)c1cccnc1C1C(=O)N=C(Cl)c2cc(Cl)c(-c3ccccc3F)cc21. The van der Waals surface area contributed by atoms with Crippen LogP contribution in [0.5, 0.6) is 0 Å². The van der Waals surface area contributed by atoms with Crippen LogP contribution in [0, 0.1) is 5.82 Å². The fourth-order valence-corrected chi connectivity index (χ4v) is 4.18. The van der Waals surface area contributed by atoms with E-state index in [9.17, 15) is 9.18 Å². The molecular weight excluding hydrogens is 410 g/mol. The lowest BCUT2D eigenvalue weighted by Crippen LogP contribution is -2.23. The van der Waals surface area contributed by atoms with Crippen molar-refractivity contribution >= 4 is 34.3 Å². The number of aromatic nitrogens is 1. The highest BCUT2D eigenvalue weighted by atomic mass is 35.5. The minimum atomic E-state index is -0.728. The summed E-state index contributed by atoms with van der Waals surface area (Å²) in [5, 5.41) is 0.408. The van der Waals surface area contributed by atoms with Crippen molar-refractivity contribution in [2.75, 3.05) is 0 Å². The monoisotopic (exact) mass is 426 g/mol. The molecule has 3 nitrogen and oxygen atoms in total. The fourth-order valence-electron chi connectivity index (χ4n) is 3.67. The second kappa shape index (κ2) is 7.69. The Hall–Kier alpha value is -2.56. The second-order valence-electron chi connectivity index (χ2n) is 7.21. The molecule has 6 heteroatoms. The summed E-state index contributed by atoms with van der Waals surface area (Å²) < 4.78 is 14.4. The summed E-state index contributed by atoms with van der Waals surface area (Å²) >= 11 is 12.7. The summed E-state index contributed by atoms with van der Waals surface area (Å²) in [4.78, 5) is 21.4. The highest BCUT2D eigenvalue weighted by molar-refractivity contribution is 6.71. The van der Waals surface area contributed by atoms with Gasteiger partial charge in [-0.3, -0.25) is 9.78 Å². The fraction of sp³-hybridized carbons (Fsp3) is 0.174. The van der Waals surface area contributed by atoms with Gasteiger partial charge in [0.1, 0.15) is 16.9 Å². The minimum absolute atomic E-state index is 0.0743. The lowest BCUT2D eigenvalue weighted by molar-refractivity contribution is -0.118. The van der Waals surface area contributed by atoms with E-state index < -0.39 is 17.6 Å². The van der Waals surface area contributed by atoms with Gasteiger partial charge in [0.2, 0.25) is 0 Å². The molecule has 0 saturated heterocycles. The molecule has 29 heavy (non-hydrogen) atoms. The topological polar surface area (TPSA) is 42.3 Å². The predicted molar refractivity (Wildman–Crippen MR) is 114 cm³/mol. The molecule has 1 aromatic heterocycles. The number of carbonyl (C=O) groups is 1. The van der Waals surface area contributed by atoms with Crippen LogP contribution in [0.4, 0.5) is 4.39 Å². The van der Waals surface area contributed by atoms with E-state index in [-0.39, 0.29) is 11.1 Å². The maximum absolute atomic E-state index is 14.4. The number of rotatable bonds is 3. The molecule has 2 aromatic carbocycles. The van der Waals surface area contributed by atoms with E-state index >= 15 is 0 Å². The minimum Gasteiger partial charge on any atom is -0.271 e. The molecule has 0 fully saturated rings. The van der Waals surface area contributed by atoms with Crippen LogP contribution in [0.25, 0.3) is 11.1 Å². The maximum atomic E-state index is 14.4. The van der Waals surface area contributed by atoms with Gasteiger partial charge in [-0.2, -0.15) is 4.99 Å². The van der Waals surface area contributed by atoms with E-state index in [4.69, 9.17) is 23.2 Å². The number of hydrogen-bond donors (Lipinski definition) is 0. The molecule has 1 aliphatic rings. The average Bonchev–Trinajstić information content (AvgIpc) is 2.69. The molecule has 1 aliphatic heterocycles. The first-order valence-electron chi connectivity index (χ1n) is 9.20. The van der Waals surface area contributed by atoms with Gasteiger partial charge in [-0.25, -0.2) is 4.39 Å². The summed E-state index contributed by atoms with van der Waals surface area (Å²) in [6.45, 7) is 4.08. The Bertz CT molecular complexity index is 1160. The molecular formula is C23H17Cl2FN2O. The maximum Gasteiger partial charge on any atom is 0.260 e. The van der Waals surface area contributed by atoms with Gasteiger partial charge in [-0.05, 0) is 41.3 Å². The molecule has 2 heterocycles. The van der Waals surface area contributed by atoms with Crippen molar-refractivity contribution in [2.24, 2.45) is 4.99 Å². The first kappa shape index (κ1) is 19.7. The van der Waals surface area contributed by atoms with Crippen LogP contribution >= 0.6 is 23.2 Å². The number of halogens is 3. The van der Waals surface area contributed by atoms with Crippen molar-refractivity contribution in [2.45, 2.75) is 25.7 Å². The molecule has 0 bridgehead atoms. The number of fused-ring (bicyclic) bond motifs is 1. The highest BCUT2D eigenvalue weighted by Crippen LogP contribution is 2.41. The standard InChI is InChI=1S/C23H17Cl2FN2O/c1-12(2)13-7-5-9-27-21(13)20-16-10-15(14-6-3-4-8-19(14)26)18(24)11-17(16)22(25)28-23(20)29/h3-12,20H,1-2H3. The van der Waals surface area contributed by atoms with Gasteiger partial charge in [0.15, 0.2) is 0 Å².